The highest BCUT2D eigenvalue weighted by molar-refractivity contribution is 5.67. The molecule has 0 saturated heterocycles. The van der Waals surface area contributed by atoms with Gasteiger partial charge in [-0.3, -0.25) is 4.79 Å². The lowest BCUT2D eigenvalue weighted by molar-refractivity contribution is -0.138. The Morgan fingerprint density at radius 3 is 2.73 bits per heavy atom. The summed E-state index contributed by atoms with van der Waals surface area (Å²) in [6.45, 7) is 0. The van der Waals surface area contributed by atoms with E-state index in [0.717, 1.165) is 6.42 Å². The number of hydrogen-bond acceptors (Lipinski definition) is 1. The Labute approximate surface area is 65.9 Å². The van der Waals surface area contributed by atoms with Crippen LogP contribution in [0.1, 0.15) is 19.3 Å². The van der Waals surface area contributed by atoms with E-state index in [0.29, 0.717) is 24.2 Å². The van der Waals surface area contributed by atoms with Gasteiger partial charge in [-0.2, -0.15) is 0 Å². The first-order valence-electron chi connectivity index (χ1n) is 4.16. The quantitative estimate of drug-likeness (QED) is 0.611. The minimum absolute atomic E-state index is 0.367. The Kier molecular flexibility index (Phi) is 1.48. The molecular formula is C9H12O2. The first-order chi connectivity index (χ1) is 5.25. The molecule has 0 spiro atoms. The average Bonchev–Trinajstić information content (AvgIpc) is 2.45. The lowest BCUT2D eigenvalue weighted by Crippen LogP contribution is -2.11. The number of aliphatic carboxylic acids is 1. The Morgan fingerprint density at radius 2 is 2.27 bits per heavy atom. The van der Waals surface area contributed by atoms with Crippen molar-refractivity contribution in [2.45, 2.75) is 19.3 Å². The zero-order valence-electron chi connectivity index (χ0n) is 6.36. The number of carboxylic acid groups (broad SMARTS) is 1. The first-order valence-corrected chi connectivity index (χ1v) is 4.16. The smallest absolute Gasteiger partial charge is 0.303 e. The van der Waals surface area contributed by atoms with E-state index in [4.69, 9.17) is 5.11 Å². The van der Waals surface area contributed by atoms with Crippen molar-refractivity contribution in [3.05, 3.63) is 12.2 Å². The highest BCUT2D eigenvalue weighted by Crippen LogP contribution is 2.44. The van der Waals surface area contributed by atoms with Crippen LogP contribution in [0.2, 0.25) is 0 Å². The van der Waals surface area contributed by atoms with Gasteiger partial charge in [-0.1, -0.05) is 12.2 Å². The van der Waals surface area contributed by atoms with Gasteiger partial charge in [-0.25, -0.2) is 0 Å². The third-order valence-corrected chi connectivity index (χ3v) is 2.85. The molecule has 3 atom stereocenters. The maximum atomic E-state index is 10.4. The third-order valence-electron chi connectivity index (χ3n) is 2.85. The predicted octanol–water partition coefficient (Wildman–Crippen LogP) is 1.67. The fourth-order valence-corrected chi connectivity index (χ4v) is 2.35. The van der Waals surface area contributed by atoms with E-state index in [1.807, 2.05) is 0 Å². The highest BCUT2D eigenvalue weighted by Gasteiger charge is 2.36. The molecule has 0 aromatic heterocycles. The normalized spacial score (nSPS) is 39.8. The molecule has 2 nitrogen and oxygen atoms in total. The molecule has 2 heteroatoms. The van der Waals surface area contributed by atoms with E-state index in [-0.39, 0.29) is 0 Å². The van der Waals surface area contributed by atoms with Gasteiger partial charge in [0.2, 0.25) is 0 Å². The van der Waals surface area contributed by atoms with Gasteiger partial charge in [0.1, 0.15) is 0 Å². The number of allylic oxidation sites excluding steroid dienone is 2. The molecule has 2 aliphatic carbocycles. The summed E-state index contributed by atoms with van der Waals surface area (Å²) in [5.41, 5.74) is 0. The van der Waals surface area contributed by atoms with Crippen molar-refractivity contribution >= 4 is 5.97 Å². The average molecular weight is 152 g/mol. The predicted molar refractivity (Wildman–Crippen MR) is 41.1 cm³/mol. The van der Waals surface area contributed by atoms with Gasteiger partial charge in [0.15, 0.2) is 0 Å². The minimum Gasteiger partial charge on any atom is -0.481 e. The molecule has 0 heterocycles. The second-order valence-corrected chi connectivity index (χ2v) is 3.64. The number of rotatable bonds is 2. The summed E-state index contributed by atoms with van der Waals surface area (Å²) in [5, 5.41) is 8.58. The fourth-order valence-electron chi connectivity index (χ4n) is 2.35. The van der Waals surface area contributed by atoms with Crippen molar-refractivity contribution in [1.29, 1.82) is 0 Å². The maximum Gasteiger partial charge on any atom is 0.303 e. The second-order valence-electron chi connectivity index (χ2n) is 3.64. The molecule has 60 valence electrons. The SMILES string of the molecule is O=C(O)C[C@@H]1C[C@@H]2C=C[C@H]1C2. The van der Waals surface area contributed by atoms with Crippen molar-refractivity contribution < 1.29 is 9.90 Å². The Morgan fingerprint density at radius 1 is 1.45 bits per heavy atom. The van der Waals surface area contributed by atoms with Crippen LogP contribution in [-0.4, -0.2) is 11.1 Å². The number of carboxylic acids is 1. The zero-order chi connectivity index (χ0) is 7.84. The van der Waals surface area contributed by atoms with Crippen molar-refractivity contribution in [2.24, 2.45) is 17.8 Å². The summed E-state index contributed by atoms with van der Waals surface area (Å²) in [7, 11) is 0. The molecule has 0 unspecified atom stereocenters. The molecule has 0 aromatic rings. The summed E-state index contributed by atoms with van der Waals surface area (Å²) in [5.74, 6) is 1.07. The second kappa shape index (κ2) is 2.36. The summed E-state index contributed by atoms with van der Waals surface area (Å²) in [6.07, 6.45) is 7.11. The van der Waals surface area contributed by atoms with E-state index < -0.39 is 5.97 Å². The Balaban J connectivity index is 1.98. The first kappa shape index (κ1) is 6.89. The molecule has 0 aliphatic heterocycles. The van der Waals surface area contributed by atoms with E-state index in [2.05, 4.69) is 12.2 Å². The largest absolute Gasteiger partial charge is 0.481 e. The Bertz CT molecular complexity index is 208. The molecule has 0 radical (unpaired) electrons. The molecular weight excluding hydrogens is 140 g/mol. The van der Waals surface area contributed by atoms with Crippen molar-refractivity contribution in [3.63, 3.8) is 0 Å². The van der Waals surface area contributed by atoms with Crippen molar-refractivity contribution in [2.75, 3.05) is 0 Å². The lowest BCUT2D eigenvalue weighted by Gasteiger charge is -2.14. The van der Waals surface area contributed by atoms with Crippen LogP contribution < -0.4 is 0 Å². The zero-order valence-corrected chi connectivity index (χ0v) is 6.36. The molecule has 0 aromatic carbocycles. The lowest BCUT2D eigenvalue weighted by atomic mass is 9.91. The third kappa shape index (κ3) is 1.17. The van der Waals surface area contributed by atoms with E-state index >= 15 is 0 Å². The molecule has 1 N–H and O–H groups in total. The van der Waals surface area contributed by atoms with Gasteiger partial charge >= 0.3 is 5.97 Å². The van der Waals surface area contributed by atoms with Crippen LogP contribution in [-0.2, 0) is 4.79 Å². The monoisotopic (exact) mass is 152 g/mol. The molecule has 11 heavy (non-hydrogen) atoms. The molecule has 2 rings (SSSR count). The Hall–Kier alpha value is -0.790. The van der Waals surface area contributed by atoms with Gasteiger partial charge in [-0.15, -0.1) is 0 Å². The standard InChI is InChI=1S/C9H12O2/c10-9(11)5-8-4-6-1-2-7(8)3-6/h1-2,6-8H,3-5H2,(H,10,11)/t6-,7+,8+/m1/s1. The van der Waals surface area contributed by atoms with Crippen LogP contribution in [0.25, 0.3) is 0 Å². The van der Waals surface area contributed by atoms with Gasteiger partial charge in [0.05, 0.1) is 0 Å². The van der Waals surface area contributed by atoms with E-state index in [9.17, 15) is 4.79 Å². The fraction of sp³-hybridized carbons (Fsp3) is 0.667. The molecule has 1 saturated carbocycles. The summed E-state index contributed by atoms with van der Waals surface area (Å²) < 4.78 is 0. The molecule has 1 fully saturated rings. The highest BCUT2D eigenvalue weighted by atomic mass is 16.4. The number of fused-ring (bicyclic) bond motifs is 2. The summed E-state index contributed by atoms with van der Waals surface area (Å²) >= 11 is 0. The van der Waals surface area contributed by atoms with Crippen molar-refractivity contribution in [3.8, 4) is 0 Å². The van der Waals surface area contributed by atoms with Gasteiger partial charge in [0.25, 0.3) is 0 Å². The summed E-state index contributed by atoms with van der Waals surface area (Å²) in [4.78, 5) is 10.4. The molecule has 2 aliphatic rings. The van der Waals surface area contributed by atoms with Crippen molar-refractivity contribution in [1.82, 2.24) is 0 Å². The van der Waals surface area contributed by atoms with Crippen LogP contribution in [0.4, 0.5) is 0 Å². The van der Waals surface area contributed by atoms with E-state index in [1.165, 1.54) is 6.42 Å². The van der Waals surface area contributed by atoms with Gasteiger partial charge in [-0.05, 0) is 30.6 Å². The maximum absolute atomic E-state index is 10.4. The van der Waals surface area contributed by atoms with Crippen LogP contribution in [0.15, 0.2) is 12.2 Å². The minimum atomic E-state index is -0.643. The van der Waals surface area contributed by atoms with Gasteiger partial charge in [0, 0.05) is 6.42 Å². The van der Waals surface area contributed by atoms with Crippen LogP contribution in [0, 0.1) is 17.8 Å². The van der Waals surface area contributed by atoms with E-state index in [1.54, 1.807) is 0 Å². The number of carbonyl (C=O) groups is 1. The molecule has 0 amide bonds. The van der Waals surface area contributed by atoms with Crippen LogP contribution in [0.3, 0.4) is 0 Å². The molecule has 2 bridgehead atoms. The summed E-state index contributed by atoms with van der Waals surface area (Å²) in [6, 6.07) is 0. The van der Waals surface area contributed by atoms with Crippen LogP contribution in [0.5, 0.6) is 0 Å². The number of hydrogen-bond donors (Lipinski definition) is 1. The van der Waals surface area contributed by atoms with Crippen LogP contribution >= 0.6 is 0 Å². The van der Waals surface area contributed by atoms with Gasteiger partial charge < -0.3 is 5.11 Å². The topological polar surface area (TPSA) is 37.3 Å².